The van der Waals surface area contributed by atoms with E-state index in [2.05, 4.69) is 31.2 Å². The Bertz CT molecular complexity index is 272. The Morgan fingerprint density at radius 3 is 3.08 bits per heavy atom. The van der Waals surface area contributed by atoms with E-state index in [-0.39, 0.29) is 0 Å². The van der Waals surface area contributed by atoms with Gasteiger partial charge in [0.15, 0.2) is 0 Å². The van der Waals surface area contributed by atoms with Gasteiger partial charge in [-0.15, -0.1) is 0 Å². The monoisotopic (exact) mass is 163 g/mol. The summed E-state index contributed by atoms with van der Waals surface area (Å²) >= 11 is 0. The van der Waals surface area contributed by atoms with Gasteiger partial charge in [-0.3, -0.25) is 9.90 Å². The smallest absolute Gasteiger partial charge is 0.0789 e. The summed E-state index contributed by atoms with van der Waals surface area (Å²) in [6.45, 7) is 3.82. The molecule has 0 atom stereocenters. The molecule has 12 heavy (non-hydrogen) atoms. The fourth-order valence-corrected chi connectivity index (χ4v) is 1.56. The molecule has 0 amide bonds. The fraction of sp³-hybridized carbons (Fsp3) is 0.400. The van der Waals surface area contributed by atoms with E-state index in [1.165, 1.54) is 11.3 Å². The number of para-hydroxylation sites is 1. The number of fused-ring (bicyclic) bond motifs is 1. The molecule has 2 rings (SSSR count). The second-order valence-corrected chi connectivity index (χ2v) is 2.91. The van der Waals surface area contributed by atoms with Crippen molar-refractivity contribution < 1.29 is 4.84 Å². The summed E-state index contributed by atoms with van der Waals surface area (Å²) in [5.74, 6) is 0. The number of nitrogens with zero attached hydrogens (tertiary/aromatic N) is 1. The summed E-state index contributed by atoms with van der Waals surface area (Å²) in [6.07, 6.45) is 1.03. The molecule has 2 heteroatoms. The topological polar surface area (TPSA) is 12.5 Å². The second kappa shape index (κ2) is 3.15. The predicted molar refractivity (Wildman–Crippen MR) is 49.1 cm³/mol. The van der Waals surface area contributed by atoms with Crippen molar-refractivity contribution in [1.82, 2.24) is 0 Å². The normalized spacial score (nSPS) is 15.9. The van der Waals surface area contributed by atoms with Crippen molar-refractivity contribution in [3.05, 3.63) is 29.8 Å². The third-order valence-electron chi connectivity index (χ3n) is 2.17. The second-order valence-electron chi connectivity index (χ2n) is 2.91. The minimum atomic E-state index is 0.810. The summed E-state index contributed by atoms with van der Waals surface area (Å²) in [6, 6.07) is 8.41. The molecule has 64 valence electrons. The molecule has 0 aliphatic carbocycles. The lowest BCUT2D eigenvalue weighted by atomic mass is 10.1. The van der Waals surface area contributed by atoms with Gasteiger partial charge in [0.05, 0.1) is 12.3 Å². The predicted octanol–water partition coefficient (Wildman–Crippen LogP) is 2.00. The highest BCUT2D eigenvalue weighted by atomic mass is 16.7. The van der Waals surface area contributed by atoms with Crippen LogP contribution in [0.1, 0.15) is 12.5 Å². The Morgan fingerprint density at radius 1 is 1.42 bits per heavy atom. The zero-order valence-corrected chi connectivity index (χ0v) is 7.29. The van der Waals surface area contributed by atoms with Crippen molar-refractivity contribution in [3.63, 3.8) is 0 Å². The summed E-state index contributed by atoms with van der Waals surface area (Å²) in [5, 5.41) is 1.96. The SMILES string of the molecule is CCN1OCCc2ccccc21. The molecule has 0 radical (unpaired) electrons. The number of hydrogen-bond acceptors (Lipinski definition) is 2. The lowest BCUT2D eigenvalue weighted by molar-refractivity contribution is 0.103. The van der Waals surface area contributed by atoms with Crippen molar-refractivity contribution >= 4 is 5.69 Å². The molecule has 1 heterocycles. The molecule has 0 unspecified atom stereocenters. The zero-order valence-electron chi connectivity index (χ0n) is 7.29. The van der Waals surface area contributed by atoms with E-state index in [1.54, 1.807) is 0 Å². The Hall–Kier alpha value is -1.02. The van der Waals surface area contributed by atoms with Crippen LogP contribution < -0.4 is 5.06 Å². The Kier molecular flexibility index (Phi) is 2.00. The highest BCUT2D eigenvalue weighted by molar-refractivity contribution is 5.52. The maximum absolute atomic E-state index is 5.49. The number of benzene rings is 1. The van der Waals surface area contributed by atoms with Gasteiger partial charge in [0.25, 0.3) is 0 Å². The van der Waals surface area contributed by atoms with E-state index in [0.717, 1.165) is 19.6 Å². The lowest BCUT2D eigenvalue weighted by Crippen LogP contribution is -2.29. The summed E-state index contributed by atoms with van der Waals surface area (Å²) in [7, 11) is 0. The quantitative estimate of drug-likeness (QED) is 0.628. The average Bonchev–Trinajstić information content (AvgIpc) is 2.17. The third kappa shape index (κ3) is 1.18. The van der Waals surface area contributed by atoms with Crippen LogP contribution in [0.2, 0.25) is 0 Å². The molecule has 1 aromatic carbocycles. The van der Waals surface area contributed by atoms with Crippen LogP contribution in [0.15, 0.2) is 24.3 Å². The molecular weight excluding hydrogens is 150 g/mol. The van der Waals surface area contributed by atoms with Crippen LogP contribution in [0.5, 0.6) is 0 Å². The van der Waals surface area contributed by atoms with Gasteiger partial charge in [-0.25, -0.2) is 0 Å². The minimum absolute atomic E-state index is 0.810. The highest BCUT2D eigenvalue weighted by Crippen LogP contribution is 2.24. The zero-order chi connectivity index (χ0) is 8.39. The van der Waals surface area contributed by atoms with Gasteiger partial charge in [-0.1, -0.05) is 18.2 Å². The molecule has 1 aromatic rings. The van der Waals surface area contributed by atoms with E-state index in [4.69, 9.17) is 4.84 Å². The molecule has 0 saturated carbocycles. The van der Waals surface area contributed by atoms with E-state index >= 15 is 0 Å². The van der Waals surface area contributed by atoms with E-state index in [1.807, 2.05) is 5.06 Å². The van der Waals surface area contributed by atoms with Gasteiger partial charge in [-0.05, 0) is 18.6 Å². The lowest BCUT2D eigenvalue weighted by Gasteiger charge is -2.28. The van der Waals surface area contributed by atoms with Crippen molar-refractivity contribution in [2.75, 3.05) is 18.2 Å². The summed E-state index contributed by atoms with van der Waals surface area (Å²) in [4.78, 5) is 5.49. The molecular formula is C10H13NO. The minimum Gasteiger partial charge on any atom is -0.273 e. The number of hydroxylamine groups is 1. The van der Waals surface area contributed by atoms with Crippen molar-refractivity contribution in [2.45, 2.75) is 13.3 Å². The first kappa shape index (κ1) is 7.62. The number of rotatable bonds is 1. The van der Waals surface area contributed by atoms with Crippen LogP contribution in [0.3, 0.4) is 0 Å². The molecule has 1 aliphatic rings. The van der Waals surface area contributed by atoms with Crippen molar-refractivity contribution in [1.29, 1.82) is 0 Å². The van der Waals surface area contributed by atoms with Gasteiger partial charge < -0.3 is 0 Å². The highest BCUT2D eigenvalue weighted by Gasteiger charge is 2.14. The Labute approximate surface area is 72.7 Å². The Balaban J connectivity index is 2.37. The molecule has 0 aromatic heterocycles. The van der Waals surface area contributed by atoms with Crippen molar-refractivity contribution in [2.24, 2.45) is 0 Å². The number of anilines is 1. The maximum atomic E-state index is 5.49. The van der Waals surface area contributed by atoms with E-state index in [0.29, 0.717) is 0 Å². The van der Waals surface area contributed by atoms with Gasteiger partial charge in [0.1, 0.15) is 0 Å². The Morgan fingerprint density at radius 2 is 2.25 bits per heavy atom. The largest absolute Gasteiger partial charge is 0.273 e. The molecule has 0 saturated heterocycles. The van der Waals surface area contributed by atoms with Crippen LogP contribution in [0.4, 0.5) is 5.69 Å². The van der Waals surface area contributed by atoms with Gasteiger partial charge in [0.2, 0.25) is 0 Å². The first-order chi connectivity index (χ1) is 5.92. The van der Waals surface area contributed by atoms with Crippen LogP contribution in [-0.4, -0.2) is 13.2 Å². The van der Waals surface area contributed by atoms with Crippen LogP contribution in [0.25, 0.3) is 0 Å². The molecule has 0 bridgehead atoms. The fourth-order valence-electron chi connectivity index (χ4n) is 1.56. The molecule has 2 nitrogen and oxygen atoms in total. The van der Waals surface area contributed by atoms with E-state index in [9.17, 15) is 0 Å². The molecule has 1 aliphatic heterocycles. The van der Waals surface area contributed by atoms with Crippen LogP contribution in [0, 0.1) is 0 Å². The first-order valence-electron chi connectivity index (χ1n) is 4.40. The molecule has 0 N–H and O–H groups in total. The first-order valence-corrected chi connectivity index (χ1v) is 4.40. The third-order valence-corrected chi connectivity index (χ3v) is 2.17. The maximum Gasteiger partial charge on any atom is 0.0789 e. The summed E-state index contributed by atoms with van der Waals surface area (Å²) < 4.78 is 0. The van der Waals surface area contributed by atoms with Crippen molar-refractivity contribution in [3.8, 4) is 0 Å². The molecule has 0 spiro atoms. The van der Waals surface area contributed by atoms with Crippen LogP contribution >= 0.6 is 0 Å². The average molecular weight is 163 g/mol. The molecule has 0 fully saturated rings. The van der Waals surface area contributed by atoms with E-state index < -0.39 is 0 Å². The van der Waals surface area contributed by atoms with Gasteiger partial charge in [0, 0.05) is 13.0 Å². The summed E-state index contributed by atoms with van der Waals surface area (Å²) in [5.41, 5.74) is 2.62. The van der Waals surface area contributed by atoms with Gasteiger partial charge in [-0.2, -0.15) is 0 Å². The van der Waals surface area contributed by atoms with Crippen LogP contribution in [-0.2, 0) is 11.3 Å². The standard InChI is InChI=1S/C10H13NO/c1-2-11-10-6-4-3-5-9(10)7-8-12-11/h3-6H,2,7-8H2,1H3. The number of hydrogen-bond donors (Lipinski definition) is 0. The van der Waals surface area contributed by atoms with Gasteiger partial charge >= 0.3 is 0 Å².